The van der Waals surface area contributed by atoms with Gasteiger partial charge in [-0.3, -0.25) is 9.80 Å². The second kappa shape index (κ2) is 8.43. The fourth-order valence-corrected chi connectivity index (χ4v) is 4.28. The van der Waals surface area contributed by atoms with Crippen LogP contribution < -0.4 is 5.32 Å². The lowest BCUT2D eigenvalue weighted by Crippen LogP contribution is -2.45. The van der Waals surface area contributed by atoms with Crippen molar-refractivity contribution in [3.63, 3.8) is 0 Å². The summed E-state index contributed by atoms with van der Waals surface area (Å²) < 4.78 is 0. The van der Waals surface area contributed by atoms with Crippen molar-refractivity contribution in [3.05, 3.63) is 65.4 Å². The molecule has 28 heavy (non-hydrogen) atoms. The van der Waals surface area contributed by atoms with Crippen molar-refractivity contribution >= 4 is 28.3 Å². The Hall–Kier alpha value is -2.21. The van der Waals surface area contributed by atoms with Gasteiger partial charge in [-0.15, -0.1) is 0 Å². The summed E-state index contributed by atoms with van der Waals surface area (Å²) in [5.74, 6) is 0.835. The van der Waals surface area contributed by atoms with E-state index in [9.17, 15) is 0 Å². The van der Waals surface area contributed by atoms with E-state index in [4.69, 9.17) is 11.6 Å². The first-order chi connectivity index (χ1) is 13.6. The Morgan fingerprint density at radius 2 is 1.68 bits per heavy atom. The van der Waals surface area contributed by atoms with Gasteiger partial charge in [0.2, 0.25) is 5.28 Å². The van der Waals surface area contributed by atoms with E-state index >= 15 is 0 Å². The number of rotatable bonds is 5. The van der Waals surface area contributed by atoms with Crippen LogP contribution in [0.3, 0.4) is 0 Å². The number of likely N-dealkylation sites (tertiary alicyclic amines) is 1. The Balaban J connectivity index is 1.46. The first-order valence-electron chi connectivity index (χ1n) is 9.76. The molecule has 0 amide bonds. The maximum atomic E-state index is 6.13. The zero-order valence-electron chi connectivity index (χ0n) is 16.3. The molecule has 1 fully saturated rings. The molecule has 4 rings (SSSR count). The molecule has 6 heteroatoms. The molecular weight excluding hydrogens is 370 g/mol. The van der Waals surface area contributed by atoms with Gasteiger partial charge in [0, 0.05) is 24.5 Å². The molecule has 1 aliphatic heterocycles. The van der Waals surface area contributed by atoms with Crippen LogP contribution in [-0.2, 0) is 0 Å². The lowest BCUT2D eigenvalue weighted by Gasteiger charge is -2.41. The number of nitrogens with zero attached hydrogens (tertiary/aromatic N) is 4. The van der Waals surface area contributed by atoms with Crippen molar-refractivity contribution in [2.24, 2.45) is 0 Å². The number of benzene rings is 2. The van der Waals surface area contributed by atoms with Gasteiger partial charge >= 0.3 is 0 Å². The minimum Gasteiger partial charge on any atom is -0.367 e. The van der Waals surface area contributed by atoms with E-state index in [0.29, 0.717) is 12.2 Å². The topological polar surface area (TPSA) is 44.3 Å². The molecule has 1 aromatic heterocycles. The molecule has 1 saturated heterocycles. The second-order valence-electron chi connectivity index (χ2n) is 7.56. The van der Waals surface area contributed by atoms with Gasteiger partial charge in [0.05, 0.1) is 11.7 Å². The van der Waals surface area contributed by atoms with Crippen LogP contribution >= 0.6 is 11.6 Å². The molecule has 2 aromatic carbocycles. The van der Waals surface area contributed by atoms with Crippen LogP contribution in [0.25, 0.3) is 10.9 Å². The Kier molecular flexibility index (Phi) is 5.76. The quantitative estimate of drug-likeness (QED) is 0.648. The van der Waals surface area contributed by atoms with E-state index in [1.54, 1.807) is 0 Å². The van der Waals surface area contributed by atoms with E-state index in [1.807, 2.05) is 24.3 Å². The normalized spacial score (nSPS) is 17.1. The Bertz CT molecular complexity index is 923. The number of halogens is 1. The molecular formula is C22H26ClN5. The summed E-state index contributed by atoms with van der Waals surface area (Å²) in [6.07, 6.45) is 2.43. The van der Waals surface area contributed by atoms with Crippen LogP contribution in [-0.4, -0.2) is 53.0 Å². The SMILES string of the molecule is CN(C)C(c1ccccc1)N1CCC(Nc2nc(Cl)nc3ccccc23)CC1. The first kappa shape index (κ1) is 19.1. The molecule has 5 nitrogen and oxygen atoms in total. The standard InChI is InChI=1S/C22H26ClN5/c1-27(2)21(16-8-4-3-5-9-16)28-14-12-17(13-15-28)24-20-18-10-6-7-11-19(18)25-22(23)26-20/h3-11,17,21H,12-15H2,1-2H3,(H,24,25,26). The van der Waals surface area contributed by atoms with Gasteiger partial charge in [-0.25, -0.2) is 9.97 Å². The molecule has 0 radical (unpaired) electrons. The molecule has 1 unspecified atom stereocenters. The molecule has 0 saturated carbocycles. The Morgan fingerprint density at radius 3 is 2.39 bits per heavy atom. The van der Waals surface area contributed by atoms with Crippen molar-refractivity contribution in [1.29, 1.82) is 0 Å². The van der Waals surface area contributed by atoms with Gasteiger partial charge in [-0.1, -0.05) is 42.5 Å². The van der Waals surface area contributed by atoms with Crippen molar-refractivity contribution in [2.45, 2.75) is 25.0 Å². The van der Waals surface area contributed by atoms with Gasteiger partial charge < -0.3 is 5.32 Å². The van der Waals surface area contributed by atoms with E-state index in [-0.39, 0.29) is 5.28 Å². The molecule has 0 spiro atoms. The summed E-state index contributed by atoms with van der Waals surface area (Å²) in [4.78, 5) is 13.6. The highest BCUT2D eigenvalue weighted by Gasteiger charge is 2.27. The summed E-state index contributed by atoms with van der Waals surface area (Å²) in [6.45, 7) is 2.07. The number of nitrogens with one attached hydrogen (secondary N) is 1. The maximum Gasteiger partial charge on any atom is 0.224 e. The van der Waals surface area contributed by atoms with Crippen LogP contribution in [0.5, 0.6) is 0 Å². The van der Waals surface area contributed by atoms with Crippen molar-refractivity contribution < 1.29 is 0 Å². The fraction of sp³-hybridized carbons (Fsp3) is 0.364. The summed E-state index contributed by atoms with van der Waals surface area (Å²) in [7, 11) is 4.30. The Labute approximate surface area is 171 Å². The minimum absolute atomic E-state index is 0.287. The number of piperidine rings is 1. The van der Waals surface area contributed by atoms with Crippen LogP contribution in [0.4, 0.5) is 5.82 Å². The van der Waals surface area contributed by atoms with Gasteiger partial charge in [-0.05, 0) is 56.2 Å². The maximum absolute atomic E-state index is 6.13. The van der Waals surface area contributed by atoms with Crippen LogP contribution in [0.1, 0.15) is 24.6 Å². The lowest BCUT2D eigenvalue weighted by molar-refractivity contribution is 0.0583. The van der Waals surface area contributed by atoms with Crippen molar-refractivity contribution in [2.75, 3.05) is 32.5 Å². The summed E-state index contributed by atoms with van der Waals surface area (Å²) in [5.41, 5.74) is 2.21. The van der Waals surface area contributed by atoms with E-state index in [2.05, 4.69) is 69.5 Å². The zero-order valence-corrected chi connectivity index (χ0v) is 17.1. The average molecular weight is 396 g/mol. The average Bonchev–Trinajstić information content (AvgIpc) is 2.70. The molecule has 3 aromatic rings. The predicted octanol–water partition coefficient (Wildman–Crippen LogP) is 4.42. The molecule has 1 aliphatic rings. The molecule has 146 valence electrons. The smallest absolute Gasteiger partial charge is 0.224 e. The summed E-state index contributed by atoms with van der Waals surface area (Å²) >= 11 is 6.13. The van der Waals surface area contributed by atoms with Crippen LogP contribution in [0.2, 0.25) is 5.28 Å². The molecule has 1 atom stereocenters. The number of hydrogen-bond donors (Lipinski definition) is 1. The lowest BCUT2D eigenvalue weighted by atomic mass is 10.0. The van der Waals surface area contributed by atoms with Gasteiger partial charge in [-0.2, -0.15) is 0 Å². The number of aromatic nitrogens is 2. The number of anilines is 1. The number of fused-ring (bicyclic) bond motifs is 1. The monoisotopic (exact) mass is 395 g/mol. The number of hydrogen-bond acceptors (Lipinski definition) is 5. The third-order valence-corrected chi connectivity index (χ3v) is 5.55. The van der Waals surface area contributed by atoms with E-state index < -0.39 is 0 Å². The molecule has 0 bridgehead atoms. The highest BCUT2D eigenvalue weighted by molar-refractivity contribution is 6.28. The highest BCUT2D eigenvalue weighted by Crippen LogP contribution is 2.29. The van der Waals surface area contributed by atoms with Gasteiger partial charge in [0.1, 0.15) is 5.82 Å². The van der Waals surface area contributed by atoms with Crippen LogP contribution in [0, 0.1) is 0 Å². The Morgan fingerprint density at radius 1 is 1.00 bits per heavy atom. The van der Waals surface area contributed by atoms with Gasteiger partial charge in [0.15, 0.2) is 0 Å². The molecule has 1 N–H and O–H groups in total. The van der Waals surface area contributed by atoms with Crippen LogP contribution in [0.15, 0.2) is 54.6 Å². The predicted molar refractivity (Wildman–Crippen MR) is 116 cm³/mol. The minimum atomic E-state index is 0.287. The second-order valence-corrected chi connectivity index (χ2v) is 7.90. The van der Waals surface area contributed by atoms with Crippen molar-refractivity contribution in [3.8, 4) is 0 Å². The zero-order chi connectivity index (χ0) is 19.5. The first-order valence-corrected chi connectivity index (χ1v) is 10.1. The highest BCUT2D eigenvalue weighted by atomic mass is 35.5. The molecule has 2 heterocycles. The van der Waals surface area contributed by atoms with E-state index in [1.165, 1.54) is 5.56 Å². The largest absolute Gasteiger partial charge is 0.367 e. The van der Waals surface area contributed by atoms with Gasteiger partial charge in [0.25, 0.3) is 0 Å². The summed E-state index contributed by atoms with van der Waals surface area (Å²) in [5, 5.41) is 4.92. The van der Waals surface area contributed by atoms with Crippen molar-refractivity contribution in [1.82, 2.24) is 19.8 Å². The number of para-hydroxylation sites is 1. The summed E-state index contributed by atoms with van der Waals surface area (Å²) in [6, 6.07) is 19.1. The molecule has 0 aliphatic carbocycles. The fourth-order valence-electron chi connectivity index (χ4n) is 4.10. The third-order valence-electron chi connectivity index (χ3n) is 5.38. The van der Waals surface area contributed by atoms with E-state index in [0.717, 1.165) is 42.7 Å². The third kappa shape index (κ3) is 4.12.